The van der Waals surface area contributed by atoms with Gasteiger partial charge >= 0.3 is 0 Å². The summed E-state index contributed by atoms with van der Waals surface area (Å²) < 4.78 is 5.30. The summed E-state index contributed by atoms with van der Waals surface area (Å²) in [6.45, 7) is 1.99. The Kier molecular flexibility index (Phi) is 3.61. The fourth-order valence-electron chi connectivity index (χ4n) is 2.49. The van der Waals surface area contributed by atoms with E-state index in [1.54, 1.807) is 0 Å². The topological polar surface area (TPSA) is 68.0 Å². The van der Waals surface area contributed by atoms with Gasteiger partial charge in [0.1, 0.15) is 0 Å². The lowest BCUT2D eigenvalue weighted by Crippen LogP contribution is -2.11. The number of rotatable bonds is 4. The van der Waals surface area contributed by atoms with Gasteiger partial charge in [-0.2, -0.15) is 4.98 Å². The van der Waals surface area contributed by atoms with Gasteiger partial charge in [0.2, 0.25) is 11.7 Å². The van der Waals surface area contributed by atoms with Gasteiger partial charge in [-0.15, -0.1) is 0 Å². The van der Waals surface area contributed by atoms with Crippen LogP contribution in [0.5, 0.6) is 0 Å². The van der Waals surface area contributed by atoms with Crippen LogP contribution in [0.3, 0.4) is 0 Å². The van der Waals surface area contributed by atoms with E-state index in [-0.39, 0.29) is 5.91 Å². The summed E-state index contributed by atoms with van der Waals surface area (Å²) in [4.78, 5) is 16.8. The first-order chi connectivity index (χ1) is 11.7. The zero-order valence-electron chi connectivity index (χ0n) is 13.3. The SMILES string of the molecule is Cc1ccc(C(=O)Nc2cccc(-c3noc(C4CC4)n3)c2)cc1. The Hall–Kier alpha value is -2.95. The molecule has 0 aliphatic heterocycles. The van der Waals surface area contributed by atoms with Gasteiger partial charge < -0.3 is 9.84 Å². The Labute approximate surface area is 139 Å². The van der Waals surface area contributed by atoms with Crippen molar-refractivity contribution in [2.45, 2.75) is 25.7 Å². The number of carbonyl (C=O) groups is 1. The lowest BCUT2D eigenvalue weighted by atomic mass is 10.1. The van der Waals surface area contributed by atoms with Crippen molar-refractivity contribution in [2.75, 3.05) is 5.32 Å². The molecule has 0 bridgehead atoms. The maximum atomic E-state index is 12.3. The second-order valence-electron chi connectivity index (χ2n) is 6.13. The van der Waals surface area contributed by atoms with Crippen molar-refractivity contribution in [2.24, 2.45) is 0 Å². The normalized spacial score (nSPS) is 13.7. The third-order valence-corrected chi connectivity index (χ3v) is 4.06. The quantitative estimate of drug-likeness (QED) is 0.783. The second kappa shape index (κ2) is 5.92. The molecule has 1 fully saturated rings. The van der Waals surface area contributed by atoms with Crippen molar-refractivity contribution in [1.82, 2.24) is 10.1 Å². The number of nitrogens with zero attached hydrogens (tertiary/aromatic N) is 2. The highest BCUT2D eigenvalue weighted by Gasteiger charge is 2.29. The van der Waals surface area contributed by atoms with Crippen molar-refractivity contribution in [3.63, 3.8) is 0 Å². The van der Waals surface area contributed by atoms with E-state index in [1.165, 1.54) is 0 Å². The minimum atomic E-state index is -0.140. The lowest BCUT2D eigenvalue weighted by molar-refractivity contribution is 0.102. The fraction of sp³-hybridized carbons (Fsp3) is 0.211. The van der Waals surface area contributed by atoms with Crippen molar-refractivity contribution in [1.29, 1.82) is 0 Å². The number of benzene rings is 2. The molecule has 4 rings (SSSR count). The van der Waals surface area contributed by atoms with Gasteiger partial charge in [0, 0.05) is 22.7 Å². The molecule has 0 saturated heterocycles. The van der Waals surface area contributed by atoms with Gasteiger partial charge in [-0.25, -0.2) is 0 Å². The van der Waals surface area contributed by atoms with E-state index in [4.69, 9.17) is 4.52 Å². The Morgan fingerprint density at radius 2 is 1.96 bits per heavy atom. The number of hydrogen-bond acceptors (Lipinski definition) is 4. The van der Waals surface area contributed by atoms with Crippen LogP contribution in [0.4, 0.5) is 5.69 Å². The third-order valence-electron chi connectivity index (χ3n) is 4.06. The predicted molar refractivity (Wildman–Crippen MR) is 90.8 cm³/mol. The minimum absolute atomic E-state index is 0.140. The first-order valence-electron chi connectivity index (χ1n) is 8.01. The summed E-state index contributed by atoms with van der Waals surface area (Å²) in [5.41, 5.74) is 3.28. The fourth-order valence-corrected chi connectivity index (χ4v) is 2.49. The summed E-state index contributed by atoms with van der Waals surface area (Å²) in [6, 6.07) is 14.9. The molecule has 1 amide bonds. The van der Waals surface area contributed by atoms with Crippen LogP contribution < -0.4 is 5.32 Å². The molecule has 0 atom stereocenters. The van der Waals surface area contributed by atoms with Crippen LogP contribution in [0.2, 0.25) is 0 Å². The van der Waals surface area contributed by atoms with Crippen molar-refractivity contribution < 1.29 is 9.32 Å². The highest BCUT2D eigenvalue weighted by Crippen LogP contribution is 2.39. The molecule has 1 aromatic heterocycles. The first-order valence-corrected chi connectivity index (χ1v) is 8.01. The largest absolute Gasteiger partial charge is 0.339 e. The zero-order chi connectivity index (χ0) is 16.5. The predicted octanol–water partition coefficient (Wildman–Crippen LogP) is 4.17. The summed E-state index contributed by atoms with van der Waals surface area (Å²) in [5, 5.41) is 6.94. The molecule has 1 aliphatic rings. The van der Waals surface area contributed by atoms with Crippen molar-refractivity contribution >= 4 is 11.6 Å². The van der Waals surface area contributed by atoms with Crippen LogP contribution in [0.1, 0.15) is 40.6 Å². The summed E-state index contributed by atoms with van der Waals surface area (Å²) >= 11 is 0. The molecule has 24 heavy (non-hydrogen) atoms. The molecule has 1 N–H and O–H groups in total. The van der Waals surface area contributed by atoms with E-state index in [1.807, 2.05) is 55.5 Å². The molecule has 120 valence electrons. The average molecular weight is 319 g/mol. The van der Waals surface area contributed by atoms with E-state index < -0.39 is 0 Å². The molecular weight excluding hydrogens is 302 g/mol. The molecule has 0 spiro atoms. The molecule has 5 heteroatoms. The molecular formula is C19H17N3O2. The molecule has 1 aliphatic carbocycles. The highest BCUT2D eigenvalue weighted by atomic mass is 16.5. The minimum Gasteiger partial charge on any atom is -0.339 e. The molecule has 0 radical (unpaired) electrons. The van der Waals surface area contributed by atoms with E-state index in [0.29, 0.717) is 28.9 Å². The van der Waals surface area contributed by atoms with Crippen LogP contribution in [-0.4, -0.2) is 16.0 Å². The number of anilines is 1. The summed E-state index contributed by atoms with van der Waals surface area (Å²) in [6.07, 6.45) is 2.24. The summed E-state index contributed by atoms with van der Waals surface area (Å²) in [5.74, 6) is 1.55. The molecule has 0 unspecified atom stereocenters. The molecule has 1 heterocycles. The van der Waals surface area contributed by atoms with Crippen molar-refractivity contribution in [3.05, 3.63) is 65.5 Å². The van der Waals surface area contributed by atoms with E-state index in [0.717, 1.165) is 24.0 Å². The maximum absolute atomic E-state index is 12.3. The van der Waals surface area contributed by atoms with Crippen molar-refractivity contribution in [3.8, 4) is 11.4 Å². The molecule has 5 nitrogen and oxygen atoms in total. The van der Waals surface area contributed by atoms with Gasteiger partial charge in [-0.3, -0.25) is 4.79 Å². The van der Waals surface area contributed by atoms with E-state index in [2.05, 4.69) is 15.5 Å². The van der Waals surface area contributed by atoms with Gasteiger partial charge in [0.05, 0.1) is 0 Å². The number of amides is 1. The van der Waals surface area contributed by atoms with E-state index >= 15 is 0 Å². The average Bonchev–Trinajstić information content (AvgIpc) is 3.33. The number of nitrogens with one attached hydrogen (secondary N) is 1. The Morgan fingerprint density at radius 1 is 1.17 bits per heavy atom. The number of hydrogen-bond donors (Lipinski definition) is 1. The first kappa shape index (κ1) is 14.6. The van der Waals surface area contributed by atoms with Gasteiger partial charge in [0.15, 0.2) is 0 Å². The molecule has 3 aromatic rings. The molecule has 1 saturated carbocycles. The number of aryl methyl sites for hydroxylation is 1. The third kappa shape index (κ3) is 3.06. The van der Waals surface area contributed by atoms with Crippen LogP contribution in [0.25, 0.3) is 11.4 Å². The van der Waals surface area contributed by atoms with Gasteiger partial charge in [-0.05, 0) is 44.0 Å². The zero-order valence-corrected chi connectivity index (χ0v) is 13.3. The van der Waals surface area contributed by atoms with E-state index in [9.17, 15) is 4.79 Å². The highest BCUT2D eigenvalue weighted by molar-refractivity contribution is 6.04. The van der Waals surface area contributed by atoms with Crippen LogP contribution >= 0.6 is 0 Å². The smallest absolute Gasteiger partial charge is 0.255 e. The standard InChI is InChI=1S/C19H17N3O2/c1-12-5-7-13(8-6-12)18(23)20-16-4-2-3-15(11-16)17-21-19(24-22-17)14-9-10-14/h2-8,11,14H,9-10H2,1H3,(H,20,23). The van der Waals surface area contributed by atoms with Crippen LogP contribution in [0.15, 0.2) is 53.1 Å². The second-order valence-corrected chi connectivity index (χ2v) is 6.13. The maximum Gasteiger partial charge on any atom is 0.255 e. The Balaban J connectivity index is 1.53. The van der Waals surface area contributed by atoms with Crippen LogP contribution in [-0.2, 0) is 0 Å². The monoisotopic (exact) mass is 319 g/mol. The lowest BCUT2D eigenvalue weighted by Gasteiger charge is -2.06. The number of carbonyl (C=O) groups excluding carboxylic acids is 1. The Bertz CT molecular complexity index is 880. The Morgan fingerprint density at radius 3 is 2.71 bits per heavy atom. The number of aromatic nitrogens is 2. The summed E-state index contributed by atoms with van der Waals surface area (Å²) in [7, 11) is 0. The van der Waals surface area contributed by atoms with Gasteiger partial charge in [-0.1, -0.05) is 35.0 Å². The van der Waals surface area contributed by atoms with Gasteiger partial charge in [0.25, 0.3) is 5.91 Å². The molecule has 2 aromatic carbocycles. The van der Waals surface area contributed by atoms with Crippen LogP contribution in [0, 0.1) is 6.92 Å².